The fraction of sp³-hybridized carbons (Fsp3) is 0.111. The highest BCUT2D eigenvalue weighted by atomic mass is 79.9. The quantitative estimate of drug-likeness (QED) is 0.471. The molecule has 1 aromatic carbocycles. The van der Waals surface area contributed by atoms with Crippen LogP contribution in [0.25, 0.3) is 32.4 Å². The molecule has 116 valence electrons. The summed E-state index contributed by atoms with van der Waals surface area (Å²) in [5.74, 6) is -0.0483. The Labute approximate surface area is 145 Å². The van der Waals surface area contributed by atoms with E-state index in [2.05, 4.69) is 26.0 Å². The van der Waals surface area contributed by atoms with Crippen LogP contribution in [0.1, 0.15) is 21.6 Å². The van der Waals surface area contributed by atoms with E-state index in [4.69, 9.17) is 4.98 Å². The number of pyridine rings is 1. The van der Waals surface area contributed by atoms with Crippen molar-refractivity contribution in [1.29, 1.82) is 0 Å². The average molecular weight is 379 g/mol. The summed E-state index contributed by atoms with van der Waals surface area (Å²) in [6, 6.07) is 9.56. The van der Waals surface area contributed by atoms with E-state index in [1.165, 1.54) is 0 Å². The molecule has 0 fully saturated rings. The summed E-state index contributed by atoms with van der Waals surface area (Å²) in [7, 11) is 0. The second kappa shape index (κ2) is 4.48. The predicted octanol–water partition coefficient (Wildman–Crippen LogP) is 2.98. The van der Waals surface area contributed by atoms with Gasteiger partial charge in [-0.05, 0) is 41.4 Å². The van der Waals surface area contributed by atoms with Gasteiger partial charge in [-0.2, -0.15) is 0 Å². The zero-order valence-corrected chi connectivity index (χ0v) is 14.5. The number of fused-ring (bicyclic) bond motifs is 7. The first-order valence-electron chi connectivity index (χ1n) is 7.56. The minimum atomic E-state index is -0.0483. The Bertz CT molecular complexity index is 1260. The van der Waals surface area contributed by atoms with E-state index < -0.39 is 0 Å². The zero-order valence-electron chi connectivity index (χ0n) is 13.0. The number of nitrogens with zero attached hydrogens (tertiary/aromatic N) is 4. The normalized spacial score (nSPS) is 13.6. The highest BCUT2D eigenvalue weighted by Gasteiger charge is 2.28. The molecule has 0 amide bonds. The summed E-state index contributed by atoms with van der Waals surface area (Å²) in [5.41, 5.74) is 5.68. The first kappa shape index (κ1) is 13.8. The molecule has 3 aromatic heterocycles. The minimum absolute atomic E-state index is 0.0483. The summed E-state index contributed by atoms with van der Waals surface area (Å²) in [6.07, 6.45) is 0. The van der Waals surface area contributed by atoms with Crippen LogP contribution in [0.15, 0.2) is 30.3 Å². The van der Waals surface area contributed by atoms with E-state index in [0.29, 0.717) is 21.0 Å². The summed E-state index contributed by atoms with van der Waals surface area (Å²) >= 11 is 3.46. The van der Waals surface area contributed by atoms with Crippen LogP contribution in [0.4, 0.5) is 0 Å². The number of halogens is 1. The third-order valence-corrected chi connectivity index (χ3v) is 5.17. The molecule has 0 aliphatic heterocycles. The van der Waals surface area contributed by atoms with Gasteiger partial charge in [-0.3, -0.25) is 4.79 Å². The maximum atomic E-state index is 12.7. The molecule has 3 heterocycles. The van der Waals surface area contributed by atoms with Crippen LogP contribution >= 0.6 is 15.9 Å². The van der Waals surface area contributed by atoms with E-state index in [1.54, 1.807) is 4.52 Å². The van der Waals surface area contributed by atoms with Gasteiger partial charge < -0.3 is 0 Å². The molecule has 1 aliphatic carbocycles. The highest BCUT2D eigenvalue weighted by molar-refractivity contribution is 9.15. The van der Waals surface area contributed by atoms with Crippen LogP contribution in [0.2, 0.25) is 0 Å². The number of imidazole rings is 1. The Hall–Kier alpha value is -2.60. The van der Waals surface area contributed by atoms with Gasteiger partial charge in [0, 0.05) is 16.8 Å². The lowest BCUT2D eigenvalue weighted by Crippen LogP contribution is -2.23. The SMILES string of the molecule is Cc1cc(C)c2c(n1)nn1c3c(nc21)-c1ccccc1C(=O)C=3Br. The average Bonchev–Trinajstić information content (AvgIpc) is 3.08. The molecule has 0 N–H and O–H groups in total. The van der Waals surface area contributed by atoms with Crippen LogP contribution in [-0.2, 0) is 0 Å². The molecule has 1 aliphatic rings. The maximum absolute atomic E-state index is 12.7. The zero-order chi connectivity index (χ0) is 16.6. The molecule has 5 rings (SSSR count). The number of hydrogen-bond donors (Lipinski definition) is 0. The van der Waals surface area contributed by atoms with Crippen LogP contribution in [0, 0.1) is 13.8 Å². The van der Waals surface area contributed by atoms with Crippen molar-refractivity contribution >= 4 is 42.9 Å². The Morgan fingerprint density at radius 2 is 1.83 bits per heavy atom. The number of aryl methyl sites for hydroxylation is 2. The molecule has 24 heavy (non-hydrogen) atoms. The van der Waals surface area contributed by atoms with E-state index in [1.807, 2.05) is 44.2 Å². The first-order chi connectivity index (χ1) is 11.6. The van der Waals surface area contributed by atoms with Crippen LogP contribution in [-0.4, -0.2) is 25.4 Å². The number of ketones is 1. The topological polar surface area (TPSA) is 60.1 Å². The van der Waals surface area contributed by atoms with E-state index in [-0.39, 0.29) is 5.78 Å². The summed E-state index contributed by atoms with van der Waals surface area (Å²) in [5, 5.41) is 6.24. The van der Waals surface area contributed by atoms with Crippen molar-refractivity contribution in [2.75, 3.05) is 0 Å². The number of Topliss-reactive ketones (excluding diaryl/α,β-unsaturated/α-hetero) is 1. The van der Waals surface area contributed by atoms with Gasteiger partial charge in [0.25, 0.3) is 0 Å². The molecule has 0 radical (unpaired) electrons. The van der Waals surface area contributed by atoms with Gasteiger partial charge in [-0.15, -0.1) is 5.10 Å². The number of hydrogen-bond acceptors (Lipinski definition) is 4. The monoisotopic (exact) mass is 378 g/mol. The van der Waals surface area contributed by atoms with Crippen LogP contribution in [0.5, 0.6) is 0 Å². The lowest BCUT2D eigenvalue weighted by molar-refractivity contribution is 0.105. The number of benzene rings is 1. The molecule has 0 spiro atoms. The molecular formula is C18H11BrN4O. The first-order valence-corrected chi connectivity index (χ1v) is 8.36. The molecule has 0 bridgehead atoms. The number of rotatable bonds is 0. The standard InChI is InChI=1S/C18H11BrN4O/c1-8-7-9(2)20-17-12(8)18-21-14-10-5-3-4-6-11(10)16(24)13(19)15(14)23(18)22-17/h3-7H,1-2H3. The van der Waals surface area contributed by atoms with E-state index in [9.17, 15) is 4.79 Å². The van der Waals surface area contributed by atoms with Gasteiger partial charge in [0.1, 0.15) is 11.0 Å². The van der Waals surface area contributed by atoms with Crippen molar-refractivity contribution in [2.45, 2.75) is 13.8 Å². The molecule has 0 unspecified atom stereocenters. The van der Waals surface area contributed by atoms with Crippen molar-refractivity contribution in [3.05, 3.63) is 52.5 Å². The minimum Gasteiger partial charge on any atom is -0.288 e. The van der Waals surface area contributed by atoms with Gasteiger partial charge in [-0.25, -0.2) is 14.5 Å². The Kier molecular flexibility index (Phi) is 2.58. The van der Waals surface area contributed by atoms with E-state index in [0.717, 1.165) is 33.5 Å². The molecule has 4 aromatic rings. The van der Waals surface area contributed by atoms with Crippen molar-refractivity contribution in [3.63, 3.8) is 0 Å². The predicted molar refractivity (Wildman–Crippen MR) is 95.1 cm³/mol. The highest BCUT2D eigenvalue weighted by Crippen LogP contribution is 2.31. The summed E-state index contributed by atoms with van der Waals surface area (Å²) in [6.45, 7) is 3.98. The maximum Gasteiger partial charge on any atom is 0.202 e. The number of aromatic nitrogens is 4. The summed E-state index contributed by atoms with van der Waals surface area (Å²) in [4.78, 5) is 22.0. The fourth-order valence-corrected chi connectivity index (χ4v) is 4.00. The van der Waals surface area contributed by atoms with Gasteiger partial charge in [0.15, 0.2) is 11.3 Å². The van der Waals surface area contributed by atoms with Gasteiger partial charge in [0.05, 0.1) is 9.87 Å². The second-order valence-electron chi connectivity index (χ2n) is 6.01. The third-order valence-electron chi connectivity index (χ3n) is 4.43. The Balaban J connectivity index is 2.03. The van der Waals surface area contributed by atoms with Crippen molar-refractivity contribution in [1.82, 2.24) is 19.6 Å². The summed E-state index contributed by atoms with van der Waals surface area (Å²) < 4.78 is 2.22. The third kappa shape index (κ3) is 1.58. The smallest absolute Gasteiger partial charge is 0.202 e. The molecule has 5 nitrogen and oxygen atoms in total. The Morgan fingerprint density at radius 1 is 1.08 bits per heavy atom. The van der Waals surface area contributed by atoms with Crippen molar-refractivity contribution in [2.24, 2.45) is 0 Å². The molecule has 0 atom stereocenters. The molecule has 0 saturated carbocycles. The van der Waals surface area contributed by atoms with Gasteiger partial charge in [-0.1, -0.05) is 24.3 Å². The van der Waals surface area contributed by atoms with Gasteiger partial charge in [0.2, 0.25) is 5.78 Å². The number of carbonyl (C=O) groups excluding carboxylic acids is 1. The molecular weight excluding hydrogens is 368 g/mol. The van der Waals surface area contributed by atoms with Crippen molar-refractivity contribution < 1.29 is 4.79 Å². The molecule has 0 saturated heterocycles. The lowest BCUT2D eigenvalue weighted by Gasteiger charge is -2.11. The largest absolute Gasteiger partial charge is 0.288 e. The number of carbonyl (C=O) groups is 1. The lowest BCUT2D eigenvalue weighted by atomic mass is 9.96. The van der Waals surface area contributed by atoms with E-state index >= 15 is 0 Å². The fourth-order valence-electron chi connectivity index (χ4n) is 3.43. The van der Waals surface area contributed by atoms with Crippen LogP contribution in [0.3, 0.4) is 0 Å². The molecule has 6 heteroatoms. The van der Waals surface area contributed by atoms with Gasteiger partial charge >= 0.3 is 0 Å². The van der Waals surface area contributed by atoms with Crippen LogP contribution < -0.4 is 5.35 Å². The second-order valence-corrected chi connectivity index (χ2v) is 6.81. The van der Waals surface area contributed by atoms with Crippen molar-refractivity contribution in [3.8, 4) is 11.3 Å². The Morgan fingerprint density at radius 3 is 2.62 bits per heavy atom.